The molecule has 1 saturated heterocycles. The van der Waals surface area contributed by atoms with Crippen molar-refractivity contribution in [1.29, 1.82) is 0 Å². The van der Waals surface area contributed by atoms with Crippen molar-refractivity contribution in [2.24, 2.45) is 11.3 Å². The van der Waals surface area contributed by atoms with Crippen LogP contribution in [0.2, 0.25) is 0 Å². The van der Waals surface area contributed by atoms with Crippen molar-refractivity contribution in [3.05, 3.63) is 66.2 Å². The monoisotopic (exact) mass is 493 g/mol. The molecule has 0 radical (unpaired) electrons. The number of esters is 1. The third kappa shape index (κ3) is 3.56. The lowest BCUT2D eigenvalue weighted by atomic mass is 9.64. The summed E-state index contributed by atoms with van der Waals surface area (Å²) in [5.41, 5.74) is -0.729. The first-order chi connectivity index (χ1) is 17.8. The van der Waals surface area contributed by atoms with Crippen LogP contribution in [0.3, 0.4) is 0 Å². The van der Waals surface area contributed by atoms with Gasteiger partial charge in [-0.15, -0.1) is 0 Å². The van der Waals surface area contributed by atoms with Gasteiger partial charge in [0, 0.05) is 5.56 Å². The lowest BCUT2D eigenvalue weighted by Crippen LogP contribution is -2.57. The third-order valence-corrected chi connectivity index (χ3v) is 7.48. The fourth-order valence-corrected chi connectivity index (χ4v) is 5.75. The van der Waals surface area contributed by atoms with Gasteiger partial charge in [0.2, 0.25) is 0 Å². The molecule has 6 nitrogen and oxygen atoms in total. The minimum Gasteiger partial charge on any atom is -0.426 e. The van der Waals surface area contributed by atoms with Gasteiger partial charge in [0.1, 0.15) is 28.7 Å². The highest BCUT2D eigenvalue weighted by Crippen LogP contribution is 2.72. The number of hydrogen-bond donors (Lipinski definition) is 0. The summed E-state index contributed by atoms with van der Waals surface area (Å²) in [5.74, 6) is 13.3. The van der Waals surface area contributed by atoms with Crippen molar-refractivity contribution in [2.45, 2.75) is 57.3 Å². The van der Waals surface area contributed by atoms with Gasteiger partial charge in [-0.25, -0.2) is 4.79 Å². The van der Waals surface area contributed by atoms with E-state index in [9.17, 15) is 9.59 Å². The number of benzene rings is 2. The molecule has 2 aromatic rings. The lowest BCUT2D eigenvalue weighted by molar-refractivity contribution is -0.143. The molecular weight excluding hydrogens is 466 g/mol. The Hall–Kier alpha value is -4.00. The van der Waals surface area contributed by atoms with E-state index in [1.165, 1.54) is 0 Å². The average molecular weight is 494 g/mol. The van der Waals surface area contributed by atoms with Gasteiger partial charge in [-0.3, -0.25) is 9.69 Å². The van der Waals surface area contributed by atoms with Crippen molar-refractivity contribution in [1.82, 2.24) is 0 Å². The van der Waals surface area contributed by atoms with Crippen LogP contribution in [0, 0.1) is 35.0 Å². The molecule has 2 fully saturated rings. The largest absolute Gasteiger partial charge is 0.426 e. The summed E-state index contributed by atoms with van der Waals surface area (Å²) in [4.78, 5) is 28.0. The second-order valence-corrected chi connectivity index (χ2v) is 10.9. The van der Waals surface area contributed by atoms with Crippen molar-refractivity contribution in [3.63, 3.8) is 0 Å². The first kappa shape index (κ1) is 23.4. The highest BCUT2D eigenvalue weighted by atomic mass is 16.6. The normalized spacial score (nSPS) is 28.2. The molecule has 2 heterocycles. The Morgan fingerprint density at radius 3 is 2.51 bits per heavy atom. The van der Waals surface area contributed by atoms with Gasteiger partial charge in [-0.05, 0) is 82.5 Å². The number of carbonyl (C=O) groups is 2. The van der Waals surface area contributed by atoms with Crippen molar-refractivity contribution >= 4 is 17.7 Å². The molecule has 37 heavy (non-hydrogen) atoms. The van der Waals surface area contributed by atoms with Crippen LogP contribution in [0.1, 0.15) is 45.6 Å². The average Bonchev–Trinajstić information content (AvgIpc) is 3.58. The predicted molar refractivity (Wildman–Crippen MR) is 138 cm³/mol. The second-order valence-electron chi connectivity index (χ2n) is 10.9. The Labute approximate surface area is 216 Å². The Morgan fingerprint density at radius 2 is 1.76 bits per heavy atom. The number of hydrogen-bond acceptors (Lipinski definition) is 5. The van der Waals surface area contributed by atoms with Gasteiger partial charge in [0.05, 0.1) is 17.0 Å². The highest BCUT2D eigenvalue weighted by molar-refractivity contribution is 5.94. The summed E-state index contributed by atoms with van der Waals surface area (Å²) in [6.45, 7) is 5.43. The van der Waals surface area contributed by atoms with Crippen molar-refractivity contribution < 1.29 is 23.8 Å². The maximum atomic E-state index is 13.7. The predicted octanol–water partition coefficient (Wildman–Crippen LogP) is 5.37. The maximum absolute atomic E-state index is 13.7. The van der Waals surface area contributed by atoms with Crippen LogP contribution in [-0.2, 0) is 15.1 Å². The van der Waals surface area contributed by atoms with E-state index in [0.717, 1.165) is 24.8 Å². The van der Waals surface area contributed by atoms with Crippen LogP contribution in [0.5, 0.6) is 11.5 Å². The molecule has 2 aliphatic carbocycles. The molecular formula is C31H27NO5. The van der Waals surface area contributed by atoms with E-state index in [1.54, 1.807) is 41.3 Å². The van der Waals surface area contributed by atoms with E-state index in [0.29, 0.717) is 17.2 Å². The smallest absolute Gasteiger partial charge is 0.420 e. The molecule has 1 saturated carbocycles. The molecule has 6 rings (SSSR count). The van der Waals surface area contributed by atoms with Crippen molar-refractivity contribution in [3.8, 4) is 35.2 Å². The number of nitrogens with zero attached hydrogens (tertiary/aromatic N) is 1. The number of para-hydroxylation sites is 1. The summed E-state index contributed by atoms with van der Waals surface area (Å²) in [7, 11) is 0. The van der Waals surface area contributed by atoms with Crippen LogP contribution in [0.4, 0.5) is 10.5 Å². The van der Waals surface area contributed by atoms with E-state index in [4.69, 9.17) is 14.2 Å². The zero-order valence-corrected chi connectivity index (χ0v) is 21.0. The van der Waals surface area contributed by atoms with E-state index in [1.807, 2.05) is 45.0 Å². The quantitative estimate of drug-likeness (QED) is 0.244. The van der Waals surface area contributed by atoms with Gasteiger partial charge in [0.15, 0.2) is 0 Å². The fourth-order valence-electron chi connectivity index (χ4n) is 5.75. The first-order valence-corrected chi connectivity index (χ1v) is 12.6. The molecule has 0 spiro atoms. The van der Waals surface area contributed by atoms with E-state index < -0.39 is 28.8 Å². The minimum absolute atomic E-state index is 0.0899. The molecule has 2 unspecified atom stereocenters. The lowest BCUT2D eigenvalue weighted by Gasteiger charge is -2.43. The van der Waals surface area contributed by atoms with E-state index >= 15 is 0 Å². The molecule has 0 N–H and O–H groups in total. The molecule has 4 aliphatic rings. The Balaban J connectivity index is 1.51. The van der Waals surface area contributed by atoms with E-state index in [2.05, 4.69) is 23.7 Å². The number of amides is 1. The zero-order valence-electron chi connectivity index (χ0n) is 21.0. The summed E-state index contributed by atoms with van der Waals surface area (Å²) in [6, 6.07) is 13.7. The SMILES string of the molecule is CC(C)(C)C(=O)Oc1ccc2c(c1)C13OC14CCC[C@H]3C#CC=CC#C[C@@H]4N2C(=O)Oc1ccccc1. The summed E-state index contributed by atoms with van der Waals surface area (Å²) < 4.78 is 18.3. The molecule has 0 aromatic heterocycles. The molecule has 4 bridgehead atoms. The molecule has 1 amide bonds. The Kier molecular flexibility index (Phi) is 5.23. The van der Waals surface area contributed by atoms with Gasteiger partial charge in [0.25, 0.3) is 0 Å². The van der Waals surface area contributed by atoms with Gasteiger partial charge < -0.3 is 14.2 Å². The molecule has 186 valence electrons. The van der Waals surface area contributed by atoms with Gasteiger partial charge >= 0.3 is 12.1 Å². The maximum Gasteiger partial charge on any atom is 0.420 e. The van der Waals surface area contributed by atoms with Crippen LogP contribution in [0.25, 0.3) is 0 Å². The van der Waals surface area contributed by atoms with Gasteiger partial charge in [-0.2, -0.15) is 0 Å². The standard InChI is InChI=1S/C31H27NO5/c1-29(2,3)27(33)35-23-17-18-25-24(20-23)31-21-12-7-4-5-10-16-26(30(31,37-31)19-11-13-21)32(25)28(34)36-22-14-8-6-9-15-22/h4-6,8-9,14-15,17-18,20-21,26H,11,13,19H2,1-3H3/t21-,26+,30?,31?/m1/s1. The highest BCUT2D eigenvalue weighted by Gasteiger charge is 2.81. The molecule has 2 aliphatic heterocycles. The van der Waals surface area contributed by atoms with Gasteiger partial charge in [-0.1, -0.05) is 41.9 Å². The molecule has 2 aromatic carbocycles. The number of fused-ring (bicyclic) bond motifs is 1. The summed E-state index contributed by atoms with van der Waals surface area (Å²) in [6.07, 6.45) is 5.40. The Bertz CT molecular complexity index is 1450. The van der Waals surface area contributed by atoms with Crippen molar-refractivity contribution in [2.75, 3.05) is 4.90 Å². The molecule has 6 heteroatoms. The summed E-state index contributed by atoms with van der Waals surface area (Å²) in [5, 5.41) is 0. The summed E-state index contributed by atoms with van der Waals surface area (Å²) >= 11 is 0. The van der Waals surface area contributed by atoms with Crippen LogP contribution in [-0.4, -0.2) is 23.7 Å². The molecule has 4 atom stereocenters. The fraction of sp³-hybridized carbons (Fsp3) is 0.355. The second kappa shape index (κ2) is 8.26. The number of rotatable bonds is 2. The van der Waals surface area contributed by atoms with E-state index in [-0.39, 0.29) is 11.9 Å². The topological polar surface area (TPSA) is 68.4 Å². The number of ether oxygens (including phenoxy) is 3. The zero-order chi connectivity index (χ0) is 25.8. The minimum atomic E-state index is -0.744. The number of allylic oxidation sites excluding steroid dienone is 2. The number of carbonyl (C=O) groups excluding carboxylic acids is 2. The Morgan fingerprint density at radius 1 is 1.00 bits per heavy atom. The third-order valence-electron chi connectivity index (χ3n) is 7.48. The number of epoxide rings is 1. The van der Waals surface area contributed by atoms with Crippen LogP contribution >= 0.6 is 0 Å². The first-order valence-electron chi connectivity index (χ1n) is 12.6. The number of anilines is 1. The van der Waals surface area contributed by atoms with Crippen LogP contribution < -0.4 is 14.4 Å². The van der Waals surface area contributed by atoms with Crippen LogP contribution in [0.15, 0.2) is 60.7 Å².